The van der Waals surface area contributed by atoms with Crippen LogP contribution in [-0.2, 0) is 17.1 Å². The SMILES string of the molecule is COc1cc2sc(=NC(=O)c3ccc(S(=O)(=O)N4CCCCC4C)cc3)n(C)c2cc1OC. The highest BCUT2D eigenvalue weighted by atomic mass is 32.2. The Bertz CT molecular complexity index is 1360. The van der Waals surface area contributed by atoms with Crippen LogP contribution in [0.5, 0.6) is 11.5 Å². The van der Waals surface area contributed by atoms with E-state index in [1.54, 1.807) is 18.5 Å². The molecule has 2 heterocycles. The molecule has 1 aromatic heterocycles. The fraction of sp³-hybridized carbons (Fsp3) is 0.391. The quantitative estimate of drug-likeness (QED) is 0.547. The molecule has 1 fully saturated rings. The Morgan fingerprint density at radius 3 is 2.39 bits per heavy atom. The summed E-state index contributed by atoms with van der Waals surface area (Å²) in [6.45, 7) is 2.46. The molecule has 0 aliphatic carbocycles. The van der Waals surface area contributed by atoms with Gasteiger partial charge in [-0.3, -0.25) is 4.79 Å². The second-order valence-electron chi connectivity index (χ2n) is 8.02. The van der Waals surface area contributed by atoms with Crippen LogP contribution in [0.2, 0.25) is 0 Å². The van der Waals surface area contributed by atoms with E-state index >= 15 is 0 Å². The number of aromatic nitrogens is 1. The van der Waals surface area contributed by atoms with Gasteiger partial charge in [-0.25, -0.2) is 8.42 Å². The third-order valence-electron chi connectivity index (χ3n) is 5.96. The number of carbonyl (C=O) groups excluding carboxylic acids is 1. The summed E-state index contributed by atoms with van der Waals surface area (Å²) < 4.78 is 41.0. The number of rotatable bonds is 5. The van der Waals surface area contributed by atoms with Gasteiger partial charge in [0.05, 0.1) is 29.3 Å². The van der Waals surface area contributed by atoms with Gasteiger partial charge in [0.15, 0.2) is 16.3 Å². The van der Waals surface area contributed by atoms with E-state index in [0.29, 0.717) is 28.4 Å². The number of benzene rings is 2. The molecule has 8 nitrogen and oxygen atoms in total. The van der Waals surface area contributed by atoms with Crippen LogP contribution in [0.25, 0.3) is 10.2 Å². The molecule has 2 aromatic carbocycles. The largest absolute Gasteiger partial charge is 0.493 e. The predicted molar refractivity (Wildman–Crippen MR) is 127 cm³/mol. The molecule has 0 radical (unpaired) electrons. The van der Waals surface area contributed by atoms with Crippen molar-refractivity contribution in [2.24, 2.45) is 12.0 Å². The number of aryl methyl sites for hydroxylation is 1. The van der Waals surface area contributed by atoms with Crippen molar-refractivity contribution in [3.05, 3.63) is 46.8 Å². The van der Waals surface area contributed by atoms with Crippen LogP contribution in [0.4, 0.5) is 0 Å². The van der Waals surface area contributed by atoms with Gasteiger partial charge >= 0.3 is 0 Å². The van der Waals surface area contributed by atoms with E-state index in [9.17, 15) is 13.2 Å². The zero-order valence-electron chi connectivity index (χ0n) is 19.1. The average molecular weight is 490 g/mol. The Labute approximate surface area is 197 Å². The summed E-state index contributed by atoms with van der Waals surface area (Å²) in [6.07, 6.45) is 2.76. The standard InChI is InChI=1S/C23H27N3O5S2/c1-15-7-5-6-12-26(15)33(28,29)17-10-8-16(9-11-17)22(27)24-23-25(2)18-13-19(30-3)20(31-4)14-21(18)32-23/h8-11,13-15H,5-7,12H2,1-4H3. The molecular weight excluding hydrogens is 462 g/mol. The number of piperidine rings is 1. The molecule has 0 spiro atoms. The first-order valence-electron chi connectivity index (χ1n) is 10.7. The van der Waals surface area contributed by atoms with Gasteiger partial charge in [-0.05, 0) is 44.0 Å². The highest BCUT2D eigenvalue weighted by Gasteiger charge is 2.30. The number of carbonyl (C=O) groups is 1. The lowest BCUT2D eigenvalue weighted by Gasteiger charge is -2.32. The molecular formula is C23H27N3O5S2. The summed E-state index contributed by atoms with van der Waals surface area (Å²) in [5, 5.41) is 0. The number of thiazole rings is 1. The van der Waals surface area contributed by atoms with Crippen molar-refractivity contribution in [2.45, 2.75) is 37.1 Å². The van der Waals surface area contributed by atoms with Gasteiger partial charge < -0.3 is 14.0 Å². The van der Waals surface area contributed by atoms with Crippen molar-refractivity contribution < 1.29 is 22.7 Å². The maximum Gasteiger partial charge on any atom is 0.279 e. The van der Waals surface area contributed by atoms with Crippen molar-refractivity contribution in [3.63, 3.8) is 0 Å². The molecule has 33 heavy (non-hydrogen) atoms. The van der Waals surface area contributed by atoms with Crippen LogP contribution in [0.1, 0.15) is 36.5 Å². The van der Waals surface area contributed by atoms with Gasteiger partial charge in [0.2, 0.25) is 10.0 Å². The first kappa shape index (κ1) is 23.5. The van der Waals surface area contributed by atoms with E-state index in [2.05, 4.69) is 4.99 Å². The van der Waals surface area contributed by atoms with Crippen LogP contribution in [0.15, 0.2) is 46.3 Å². The number of amides is 1. The minimum absolute atomic E-state index is 0.0229. The Morgan fingerprint density at radius 2 is 1.76 bits per heavy atom. The van der Waals surface area contributed by atoms with Gasteiger partial charge in [-0.1, -0.05) is 17.8 Å². The van der Waals surface area contributed by atoms with Crippen LogP contribution in [-0.4, -0.2) is 50.0 Å². The summed E-state index contributed by atoms with van der Waals surface area (Å²) in [4.78, 5) is 17.8. The lowest BCUT2D eigenvalue weighted by molar-refractivity contribution is 0.0998. The maximum atomic E-state index is 13.0. The molecule has 0 N–H and O–H groups in total. The first-order valence-corrected chi connectivity index (χ1v) is 12.9. The molecule has 1 amide bonds. The summed E-state index contributed by atoms with van der Waals surface area (Å²) in [6, 6.07) is 9.68. The molecule has 0 bridgehead atoms. The summed E-state index contributed by atoms with van der Waals surface area (Å²) in [5.41, 5.74) is 1.19. The monoisotopic (exact) mass is 489 g/mol. The van der Waals surface area contributed by atoms with Crippen molar-refractivity contribution >= 4 is 37.5 Å². The van der Waals surface area contributed by atoms with E-state index in [1.165, 1.54) is 35.6 Å². The van der Waals surface area contributed by atoms with Gasteiger partial charge in [-0.2, -0.15) is 9.30 Å². The fourth-order valence-electron chi connectivity index (χ4n) is 4.05. The summed E-state index contributed by atoms with van der Waals surface area (Å²) in [7, 11) is 1.38. The normalized spacial score (nSPS) is 17.9. The third-order valence-corrected chi connectivity index (χ3v) is 9.08. The zero-order valence-corrected chi connectivity index (χ0v) is 20.7. The van der Waals surface area contributed by atoms with Crippen molar-refractivity contribution in [1.29, 1.82) is 0 Å². The predicted octanol–water partition coefficient (Wildman–Crippen LogP) is 3.56. The summed E-state index contributed by atoms with van der Waals surface area (Å²) in [5.74, 6) is 0.757. The van der Waals surface area contributed by atoms with Gasteiger partial charge in [0.25, 0.3) is 5.91 Å². The molecule has 176 valence electrons. The van der Waals surface area contributed by atoms with Crippen LogP contribution >= 0.6 is 11.3 Å². The highest BCUT2D eigenvalue weighted by molar-refractivity contribution is 7.89. The molecule has 10 heteroatoms. The molecule has 1 atom stereocenters. The Kier molecular flexibility index (Phi) is 6.60. The molecule has 0 saturated carbocycles. The van der Waals surface area contributed by atoms with E-state index in [-0.39, 0.29) is 10.9 Å². The maximum absolute atomic E-state index is 13.0. The number of sulfonamides is 1. The van der Waals surface area contributed by atoms with Crippen LogP contribution < -0.4 is 14.3 Å². The van der Waals surface area contributed by atoms with Gasteiger partial charge in [0, 0.05) is 37.3 Å². The number of hydrogen-bond acceptors (Lipinski definition) is 6. The van der Waals surface area contributed by atoms with E-state index in [4.69, 9.17) is 9.47 Å². The molecule has 4 rings (SSSR count). The number of methoxy groups -OCH3 is 2. The van der Waals surface area contributed by atoms with Crippen LogP contribution in [0, 0.1) is 0 Å². The lowest BCUT2D eigenvalue weighted by Crippen LogP contribution is -2.41. The topological polar surface area (TPSA) is 90.2 Å². The third kappa shape index (κ3) is 4.42. The minimum Gasteiger partial charge on any atom is -0.493 e. The minimum atomic E-state index is -3.58. The average Bonchev–Trinajstić information content (AvgIpc) is 3.12. The lowest BCUT2D eigenvalue weighted by atomic mass is 10.1. The molecule has 1 aliphatic rings. The first-order chi connectivity index (χ1) is 15.8. The zero-order chi connectivity index (χ0) is 23.8. The van der Waals surface area contributed by atoms with E-state index < -0.39 is 15.9 Å². The number of ether oxygens (including phenoxy) is 2. The van der Waals surface area contributed by atoms with Crippen LogP contribution in [0.3, 0.4) is 0 Å². The van der Waals surface area contributed by atoms with Crippen molar-refractivity contribution in [3.8, 4) is 11.5 Å². The van der Waals surface area contributed by atoms with Crippen molar-refractivity contribution in [1.82, 2.24) is 8.87 Å². The van der Waals surface area contributed by atoms with E-state index in [1.807, 2.05) is 30.7 Å². The number of fused-ring (bicyclic) bond motifs is 1. The molecule has 1 saturated heterocycles. The smallest absolute Gasteiger partial charge is 0.279 e. The highest BCUT2D eigenvalue weighted by Crippen LogP contribution is 2.33. The second kappa shape index (κ2) is 9.28. The van der Waals surface area contributed by atoms with Crippen molar-refractivity contribution in [2.75, 3.05) is 20.8 Å². The molecule has 1 aliphatic heterocycles. The van der Waals surface area contributed by atoms with Gasteiger partial charge in [-0.15, -0.1) is 0 Å². The molecule has 1 unspecified atom stereocenters. The Morgan fingerprint density at radius 1 is 1.09 bits per heavy atom. The van der Waals surface area contributed by atoms with Gasteiger partial charge in [0.1, 0.15) is 0 Å². The number of hydrogen-bond donors (Lipinski definition) is 0. The van der Waals surface area contributed by atoms with E-state index in [0.717, 1.165) is 29.5 Å². The molecule has 3 aromatic rings. The number of nitrogens with zero attached hydrogens (tertiary/aromatic N) is 3. The second-order valence-corrected chi connectivity index (χ2v) is 10.9. The Balaban J connectivity index is 1.64. The Hall–Kier alpha value is -2.69. The summed E-state index contributed by atoms with van der Waals surface area (Å²) >= 11 is 1.36. The fourth-order valence-corrected chi connectivity index (χ4v) is 6.77.